The molecule has 5 heteroatoms. The summed E-state index contributed by atoms with van der Waals surface area (Å²) in [5.41, 5.74) is 6.02. The molecule has 0 unspecified atom stereocenters. The molecule has 262 valence electrons. The second kappa shape index (κ2) is 13.3. The zero-order valence-electron chi connectivity index (χ0n) is 37.6. The second-order valence-corrected chi connectivity index (χ2v) is 14.5. The van der Waals surface area contributed by atoms with Gasteiger partial charge in [0.2, 0.25) is 0 Å². The lowest BCUT2D eigenvalue weighted by molar-refractivity contribution is 1.07. The predicted molar refractivity (Wildman–Crippen MR) is 234 cm³/mol. The lowest BCUT2D eigenvalue weighted by atomic mass is 9.97. The average molecular weight is 741 g/mol. The number of rotatable bonds is 6. The van der Waals surface area contributed by atoms with Crippen LogP contribution < -0.4 is 0 Å². The zero-order valence-corrected chi connectivity index (χ0v) is 30.4. The van der Waals surface area contributed by atoms with E-state index < -0.39 is 48.3 Å². The lowest BCUT2D eigenvalue weighted by Gasteiger charge is -2.17. The number of hydrogen-bond acceptors (Lipinski definition) is 4. The highest BCUT2D eigenvalue weighted by Crippen LogP contribution is 2.42. The maximum Gasteiger partial charge on any atom is 0.166 e. The maximum absolute atomic E-state index is 9.31. The molecule has 0 amide bonds. The van der Waals surface area contributed by atoms with Crippen molar-refractivity contribution in [3.8, 4) is 62.1 Å². The first-order valence-corrected chi connectivity index (χ1v) is 18.9. The van der Waals surface area contributed by atoms with Gasteiger partial charge in [0.05, 0.1) is 27.7 Å². The monoisotopic (exact) mass is 740 g/mol. The number of para-hydroxylation sites is 2. The van der Waals surface area contributed by atoms with Crippen molar-refractivity contribution < 1.29 is 11.0 Å². The van der Waals surface area contributed by atoms with Crippen LogP contribution in [-0.4, -0.2) is 19.5 Å². The van der Waals surface area contributed by atoms with Crippen molar-refractivity contribution >= 4 is 53.3 Å². The van der Waals surface area contributed by atoms with Gasteiger partial charge in [-0.1, -0.05) is 152 Å². The first-order valence-electron chi connectivity index (χ1n) is 22.1. The Labute approximate surface area is 338 Å². The van der Waals surface area contributed by atoms with E-state index in [0.29, 0.717) is 22.9 Å². The topological polar surface area (TPSA) is 43.6 Å². The van der Waals surface area contributed by atoms with Gasteiger partial charge in [-0.3, -0.25) is 0 Å². The quantitative estimate of drug-likeness (QED) is 0.170. The van der Waals surface area contributed by atoms with E-state index in [1.807, 2.05) is 115 Å². The SMILES string of the molecule is [2H]c1c([2H])c([2H])c2c(c1[2H])c1c([2H])c([2H])c([2H])c([2H])c1n2-c1ccc(-c2cccc(-c3ccccc3)c2)cc1-c1nc(-c2ccccc2)nc(-c2cccc3sc4ccccc4c23)n1. The van der Waals surface area contributed by atoms with Crippen LogP contribution >= 0.6 is 11.3 Å². The van der Waals surface area contributed by atoms with E-state index in [1.165, 1.54) is 4.57 Å². The summed E-state index contributed by atoms with van der Waals surface area (Å²) in [6.45, 7) is 0. The van der Waals surface area contributed by atoms with Gasteiger partial charge in [-0.2, -0.15) is 0 Å². The van der Waals surface area contributed by atoms with Gasteiger partial charge in [0.1, 0.15) is 0 Å². The third-order valence-electron chi connectivity index (χ3n) is 10.1. The van der Waals surface area contributed by atoms with Crippen molar-refractivity contribution in [3.05, 3.63) is 194 Å². The summed E-state index contributed by atoms with van der Waals surface area (Å²) < 4.78 is 75.4. The van der Waals surface area contributed by atoms with Crippen LogP contribution in [-0.2, 0) is 0 Å². The van der Waals surface area contributed by atoms with Crippen LogP contribution in [0.4, 0.5) is 0 Å². The molecular weight excluding hydrogens is 701 g/mol. The summed E-state index contributed by atoms with van der Waals surface area (Å²) in [7, 11) is 0. The van der Waals surface area contributed by atoms with E-state index in [4.69, 9.17) is 23.2 Å². The first kappa shape index (κ1) is 25.0. The van der Waals surface area contributed by atoms with Crippen molar-refractivity contribution in [3.63, 3.8) is 0 Å². The smallest absolute Gasteiger partial charge is 0.166 e. The molecule has 0 spiro atoms. The molecule has 3 aromatic heterocycles. The molecule has 0 aliphatic heterocycles. The Bertz CT molecular complexity index is 3640. The summed E-state index contributed by atoms with van der Waals surface area (Å²) in [6.07, 6.45) is 0. The van der Waals surface area contributed by atoms with Crippen LogP contribution in [0.2, 0.25) is 0 Å². The van der Waals surface area contributed by atoms with Crippen LogP contribution in [0.1, 0.15) is 11.0 Å². The van der Waals surface area contributed by atoms with Gasteiger partial charge >= 0.3 is 0 Å². The molecule has 0 saturated carbocycles. The van der Waals surface area contributed by atoms with Crippen LogP contribution in [0.15, 0.2) is 194 Å². The molecule has 0 saturated heterocycles. The fourth-order valence-electron chi connectivity index (χ4n) is 7.55. The largest absolute Gasteiger partial charge is 0.309 e. The molecule has 4 nitrogen and oxygen atoms in total. The standard InChI is InChI=1S/C51H32N4S/c1-3-15-33(16-4-1)35-19-13-20-36(31-35)37-29-30-45(55-43-25-10-7-21-38(43)39-22-8-11-26-44(39)55)42(32-37)51-53-49(34-17-5-2-6-18-34)52-50(54-51)41-24-14-28-47-48(41)40-23-9-12-27-46(40)56-47/h1-32H/i7D,8D,10D,11D,21D,22D,25D,26D. The highest BCUT2D eigenvalue weighted by molar-refractivity contribution is 7.25. The van der Waals surface area contributed by atoms with E-state index in [9.17, 15) is 2.74 Å². The first-order chi connectivity index (χ1) is 31.1. The molecular formula is C51H32N4S. The number of aromatic nitrogens is 4. The van der Waals surface area contributed by atoms with Crippen molar-refractivity contribution in [2.45, 2.75) is 0 Å². The molecule has 11 rings (SSSR count). The van der Waals surface area contributed by atoms with Gasteiger partial charge in [-0.15, -0.1) is 11.3 Å². The molecule has 11 aromatic rings. The van der Waals surface area contributed by atoms with Crippen molar-refractivity contribution in [2.24, 2.45) is 0 Å². The zero-order chi connectivity index (χ0) is 44.0. The molecule has 0 N–H and O–H groups in total. The lowest BCUT2D eigenvalue weighted by Crippen LogP contribution is -2.04. The van der Waals surface area contributed by atoms with Crippen molar-refractivity contribution in [1.82, 2.24) is 19.5 Å². The van der Waals surface area contributed by atoms with Gasteiger partial charge in [0, 0.05) is 47.6 Å². The van der Waals surface area contributed by atoms with E-state index in [-0.39, 0.29) is 27.6 Å². The van der Waals surface area contributed by atoms with Crippen molar-refractivity contribution in [1.29, 1.82) is 0 Å². The van der Waals surface area contributed by atoms with Crippen molar-refractivity contribution in [2.75, 3.05) is 0 Å². The Balaban J connectivity index is 1.28. The van der Waals surface area contributed by atoms with E-state index >= 15 is 0 Å². The number of benzene rings is 8. The summed E-state index contributed by atoms with van der Waals surface area (Å²) in [5, 5.41) is 2.03. The summed E-state index contributed by atoms with van der Waals surface area (Å²) >= 11 is 1.68. The predicted octanol–water partition coefficient (Wildman–Crippen LogP) is 13.7. The molecule has 0 fully saturated rings. The minimum Gasteiger partial charge on any atom is -0.309 e. The molecule has 3 heterocycles. The Morgan fingerprint density at radius 3 is 1.71 bits per heavy atom. The fourth-order valence-corrected chi connectivity index (χ4v) is 8.69. The number of thiophene rings is 1. The maximum atomic E-state index is 9.31. The molecule has 0 aliphatic carbocycles. The second-order valence-electron chi connectivity index (χ2n) is 13.4. The van der Waals surface area contributed by atoms with Gasteiger partial charge in [0.15, 0.2) is 17.5 Å². The molecule has 0 atom stereocenters. The highest BCUT2D eigenvalue weighted by atomic mass is 32.1. The van der Waals surface area contributed by atoms with Gasteiger partial charge in [-0.05, 0) is 64.7 Å². The average Bonchev–Trinajstić information content (AvgIpc) is 3.91. The van der Waals surface area contributed by atoms with E-state index in [1.54, 1.807) is 17.4 Å². The summed E-state index contributed by atoms with van der Waals surface area (Å²) in [4.78, 5) is 15.6. The van der Waals surface area contributed by atoms with Gasteiger partial charge in [-0.25, -0.2) is 15.0 Å². The van der Waals surface area contributed by atoms with Crippen LogP contribution in [0.5, 0.6) is 0 Å². The minimum absolute atomic E-state index is 0.000137. The Kier molecular flexibility index (Phi) is 5.92. The minimum atomic E-state index is -0.512. The normalized spacial score (nSPS) is 13.6. The molecule has 0 bridgehead atoms. The molecule has 0 radical (unpaired) electrons. The molecule has 8 aromatic carbocycles. The number of nitrogens with zero attached hydrogens (tertiary/aromatic N) is 4. The highest BCUT2D eigenvalue weighted by Gasteiger charge is 2.21. The molecule has 56 heavy (non-hydrogen) atoms. The Hall–Kier alpha value is -7.21. The third kappa shape index (κ3) is 5.40. The van der Waals surface area contributed by atoms with Gasteiger partial charge in [0.25, 0.3) is 0 Å². The van der Waals surface area contributed by atoms with Gasteiger partial charge < -0.3 is 4.57 Å². The molecule has 0 aliphatic rings. The Morgan fingerprint density at radius 1 is 0.411 bits per heavy atom. The summed E-state index contributed by atoms with van der Waals surface area (Å²) in [5.74, 6) is 1.05. The van der Waals surface area contributed by atoms with Crippen LogP contribution in [0.25, 0.3) is 104 Å². The fraction of sp³-hybridized carbons (Fsp3) is 0. The van der Waals surface area contributed by atoms with E-state index in [0.717, 1.165) is 53.6 Å². The third-order valence-corrected chi connectivity index (χ3v) is 11.3. The number of hydrogen-bond donors (Lipinski definition) is 0. The Morgan fingerprint density at radius 2 is 0.964 bits per heavy atom. The van der Waals surface area contributed by atoms with E-state index in [2.05, 4.69) is 24.3 Å². The summed E-state index contributed by atoms with van der Waals surface area (Å²) in [6, 6.07) is 44.1. The van der Waals surface area contributed by atoms with Crippen LogP contribution in [0.3, 0.4) is 0 Å². The number of fused-ring (bicyclic) bond motifs is 6. The van der Waals surface area contributed by atoms with Crippen LogP contribution in [0, 0.1) is 0 Å².